The Hall–Kier alpha value is -1.02. The van der Waals surface area contributed by atoms with E-state index in [-0.39, 0.29) is 0 Å². The fourth-order valence-corrected chi connectivity index (χ4v) is 1.26. The largest absolute Gasteiger partial charge is 0.488 e. The summed E-state index contributed by atoms with van der Waals surface area (Å²) >= 11 is 0. The van der Waals surface area contributed by atoms with Gasteiger partial charge in [0.1, 0.15) is 18.9 Å². The third kappa shape index (κ3) is 4.84. The molecule has 1 aromatic rings. The molecule has 84 valence electrons. The van der Waals surface area contributed by atoms with Gasteiger partial charge in [0.2, 0.25) is 0 Å². The number of ether oxygens (including phenoxy) is 1. The summed E-state index contributed by atoms with van der Waals surface area (Å²) in [6.07, 6.45) is 1.08. The van der Waals surface area contributed by atoms with Crippen molar-refractivity contribution in [1.82, 2.24) is 0 Å². The van der Waals surface area contributed by atoms with Crippen LogP contribution in [0.2, 0.25) is 0 Å². The van der Waals surface area contributed by atoms with Crippen molar-refractivity contribution >= 4 is 0 Å². The Kier molecular flexibility index (Phi) is 4.15. The summed E-state index contributed by atoms with van der Waals surface area (Å²) in [6.45, 7) is 3.96. The average molecular weight is 208 g/mol. The van der Waals surface area contributed by atoms with E-state index in [9.17, 15) is 0 Å². The van der Waals surface area contributed by atoms with Crippen LogP contribution in [0.15, 0.2) is 24.3 Å². The highest BCUT2D eigenvalue weighted by Gasteiger charge is 2.06. The Morgan fingerprint density at radius 1 is 1.07 bits per heavy atom. The number of quaternary nitrogens is 1. The average Bonchev–Trinajstić information content (AvgIpc) is 2.17. The van der Waals surface area contributed by atoms with Crippen LogP contribution in [-0.4, -0.2) is 38.8 Å². The quantitative estimate of drug-likeness (QED) is 0.675. The maximum absolute atomic E-state index is 5.67. The molecule has 0 N–H and O–H groups in total. The second kappa shape index (κ2) is 5.17. The van der Waals surface area contributed by atoms with Gasteiger partial charge in [0.05, 0.1) is 21.1 Å². The number of aryl methyl sites for hydroxylation is 1. The minimum absolute atomic E-state index is 0.773. The topological polar surface area (TPSA) is 9.23 Å². The monoisotopic (exact) mass is 208 g/mol. The molecular formula is C13H22NO+. The lowest BCUT2D eigenvalue weighted by atomic mass is 10.2. The van der Waals surface area contributed by atoms with E-state index >= 15 is 0 Å². The van der Waals surface area contributed by atoms with Crippen molar-refractivity contribution in [2.24, 2.45) is 0 Å². The van der Waals surface area contributed by atoms with Crippen LogP contribution in [0.5, 0.6) is 5.75 Å². The fraction of sp³-hybridized carbons (Fsp3) is 0.538. The molecular weight excluding hydrogens is 186 g/mol. The highest BCUT2D eigenvalue weighted by molar-refractivity contribution is 5.27. The molecule has 0 aliphatic heterocycles. The Morgan fingerprint density at radius 3 is 2.13 bits per heavy atom. The van der Waals surface area contributed by atoms with Gasteiger partial charge in [0.25, 0.3) is 0 Å². The van der Waals surface area contributed by atoms with Crippen molar-refractivity contribution in [3.63, 3.8) is 0 Å². The van der Waals surface area contributed by atoms with Crippen LogP contribution in [0.25, 0.3) is 0 Å². The van der Waals surface area contributed by atoms with Gasteiger partial charge in [-0.1, -0.05) is 19.1 Å². The Balaban J connectivity index is 2.38. The molecule has 0 heterocycles. The van der Waals surface area contributed by atoms with Crippen molar-refractivity contribution in [2.45, 2.75) is 13.3 Å². The minimum Gasteiger partial charge on any atom is -0.488 e. The second-order valence-electron chi connectivity index (χ2n) is 4.86. The third-order valence-corrected chi connectivity index (χ3v) is 2.36. The summed E-state index contributed by atoms with van der Waals surface area (Å²) in [6, 6.07) is 8.35. The van der Waals surface area contributed by atoms with Gasteiger partial charge in [0, 0.05) is 0 Å². The van der Waals surface area contributed by atoms with Crippen molar-refractivity contribution < 1.29 is 9.22 Å². The SMILES string of the molecule is CCc1ccc(OCC[N+](C)(C)C)cc1. The molecule has 2 nitrogen and oxygen atoms in total. The predicted molar refractivity (Wildman–Crippen MR) is 64.2 cm³/mol. The standard InChI is InChI=1S/C13H22NO/c1-5-12-6-8-13(9-7-12)15-11-10-14(2,3)4/h6-9H,5,10-11H2,1-4H3/q+1. The van der Waals surface area contributed by atoms with E-state index in [0.29, 0.717) is 0 Å². The van der Waals surface area contributed by atoms with Gasteiger partial charge in [-0.3, -0.25) is 0 Å². The smallest absolute Gasteiger partial charge is 0.137 e. The molecule has 0 unspecified atom stereocenters. The van der Waals surface area contributed by atoms with E-state index < -0.39 is 0 Å². The molecule has 0 atom stereocenters. The van der Waals surface area contributed by atoms with Crippen LogP contribution in [0, 0.1) is 0 Å². The highest BCUT2D eigenvalue weighted by atomic mass is 16.5. The van der Waals surface area contributed by atoms with Crippen molar-refractivity contribution in [1.29, 1.82) is 0 Å². The first kappa shape index (κ1) is 12.1. The number of nitrogens with zero attached hydrogens (tertiary/aromatic N) is 1. The molecule has 0 aliphatic rings. The number of likely N-dealkylation sites (N-methyl/N-ethyl adjacent to an activating group) is 1. The number of hydrogen-bond donors (Lipinski definition) is 0. The molecule has 0 fully saturated rings. The lowest BCUT2D eigenvalue weighted by molar-refractivity contribution is -0.870. The van der Waals surface area contributed by atoms with E-state index in [4.69, 9.17) is 4.74 Å². The van der Waals surface area contributed by atoms with Gasteiger partial charge in [-0.15, -0.1) is 0 Å². The maximum atomic E-state index is 5.67. The molecule has 2 heteroatoms. The zero-order valence-corrected chi connectivity index (χ0v) is 10.3. The molecule has 0 spiro atoms. The molecule has 0 radical (unpaired) electrons. The summed E-state index contributed by atoms with van der Waals surface area (Å²) < 4.78 is 6.60. The van der Waals surface area contributed by atoms with Crippen molar-refractivity contribution in [3.05, 3.63) is 29.8 Å². The summed E-state index contributed by atoms with van der Waals surface area (Å²) in [7, 11) is 6.51. The Bertz CT molecular complexity index is 284. The van der Waals surface area contributed by atoms with Crippen LogP contribution in [-0.2, 0) is 6.42 Å². The van der Waals surface area contributed by atoms with Crippen LogP contribution in [0.1, 0.15) is 12.5 Å². The zero-order chi connectivity index (χ0) is 11.3. The fourth-order valence-electron chi connectivity index (χ4n) is 1.26. The first-order valence-electron chi connectivity index (χ1n) is 5.53. The van der Waals surface area contributed by atoms with E-state index in [0.717, 1.165) is 29.8 Å². The summed E-state index contributed by atoms with van der Waals surface area (Å²) in [5.74, 6) is 0.973. The molecule has 0 aliphatic carbocycles. The van der Waals surface area contributed by atoms with Gasteiger partial charge in [-0.05, 0) is 24.1 Å². The number of benzene rings is 1. The second-order valence-corrected chi connectivity index (χ2v) is 4.86. The maximum Gasteiger partial charge on any atom is 0.137 e. The van der Waals surface area contributed by atoms with Gasteiger partial charge < -0.3 is 9.22 Å². The Morgan fingerprint density at radius 2 is 1.67 bits per heavy atom. The van der Waals surface area contributed by atoms with Crippen LogP contribution in [0.4, 0.5) is 0 Å². The zero-order valence-electron chi connectivity index (χ0n) is 10.3. The summed E-state index contributed by atoms with van der Waals surface area (Å²) in [5, 5.41) is 0. The van der Waals surface area contributed by atoms with Gasteiger partial charge in [0.15, 0.2) is 0 Å². The number of hydrogen-bond acceptors (Lipinski definition) is 1. The van der Waals surface area contributed by atoms with Crippen LogP contribution in [0.3, 0.4) is 0 Å². The molecule has 0 saturated carbocycles. The molecule has 0 aromatic heterocycles. The van der Waals surface area contributed by atoms with Crippen LogP contribution >= 0.6 is 0 Å². The molecule has 0 saturated heterocycles. The summed E-state index contributed by atoms with van der Waals surface area (Å²) in [4.78, 5) is 0. The van der Waals surface area contributed by atoms with Gasteiger partial charge >= 0.3 is 0 Å². The molecule has 1 rings (SSSR count). The molecule has 0 amide bonds. The molecule has 0 bridgehead atoms. The summed E-state index contributed by atoms with van der Waals surface area (Å²) in [5.41, 5.74) is 1.36. The number of rotatable bonds is 5. The predicted octanol–water partition coefficient (Wildman–Crippen LogP) is 2.33. The van der Waals surface area contributed by atoms with Crippen LogP contribution < -0.4 is 4.74 Å². The normalized spacial score (nSPS) is 11.5. The Labute approximate surface area is 93.1 Å². The first-order chi connectivity index (χ1) is 7.01. The first-order valence-corrected chi connectivity index (χ1v) is 5.53. The van der Waals surface area contributed by atoms with E-state index in [1.807, 2.05) is 0 Å². The van der Waals surface area contributed by atoms with E-state index in [1.165, 1.54) is 5.56 Å². The van der Waals surface area contributed by atoms with Gasteiger partial charge in [-0.2, -0.15) is 0 Å². The molecule has 1 aromatic carbocycles. The van der Waals surface area contributed by atoms with Crippen molar-refractivity contribution in [3.8, 4) is 5.75 Å². The lowest BCUT2D eigenvalue weighted by Crippen LogP contribution is -2.38. The van der Waals surface area contributed by atoms with Gasteiger partial charge in [-0.25, -0.2) is 0 Å². The lowest BCUT2D eigenvalue weighted by Gasteiger charge is -2.23. The minimum atomic E-state index is 0.773. The van der Waals surface area contributed by atoms with E-state index in [2.05, 4.69) is 52.3 Å². The molecule has 15 heavy (non-hydrogen) atoms. The highest BCUT2D eigenvalue weighted by Crippen LogP contribution is 2.12. The van der Waals surface area contributed by atoms with Crippen molar-refractivity contribution in [2.75, 3.05) is 34.3 Å². The van der Waals surface area contributed by atoms with E-state index in [1.54, 1.807) is 0 Å². The third-order valence-electron chi connectivity index (χ3n) is 2.36.